The molecule has 3 aromatic rings. The average molecular weight is 579 g/mol. The second-order valence-electron chi connectivity index (χ2n) is 6.37. The number of nitrogens with zero attached hydrogens (tertiary/aromatic N) is 1. The van der Waals surface area contributed by atoms with E-state index in [2.05, 4.69) is 25.9 Å². The fourth-order valence-corrected chi connectivity index (χ4v) is 4.53. The molecule has 1 N–H and O–H groups in total. The fourth-order valence-electron chi connectivity index (χ4n) is 2.58. The van der Waals surface area contributed by atoms with Crippen LogP contribution < -0.4 is 14.3 Å². The monoisotopic (exact) mass is 576 g/mol. The summed E-state index contributed by atoms with van der Waals surface area (Å²) in [6.07, 6.45) is 1.35. The molecule has 0 heterocycles. The van der Waals surface area contributed by atoms with Crippen LogP contribution in [-0.4, -0.2) is 21.7 Å². The standard InChI is InChI=1S/C21H16BrCl3N2O4S/c1-30-20-9-13(11-26-27-32(28,29)17-6-4-15(23)5-7-17)8-18(22)21(20)31-12-14-2-3-16(24)10-19(14)25/h2-11,27H,12H2,1H3/b26-11-. The van der Waals surface area contributed by atoms with Crippen molar-refractivity contribution in [1.82, 2.24) is 4.83 Å². The maximum absolute atomic E-state index is 12.3. The third-order valence-corrected chi connectivity index (χ3v) is 6.82. The van der Waals surface area contributed by atoms with Gasteiger partial charge in [-0.25, -0.2) is 4.83 Å². The molecule has 0 saturated heterocycles. The zero-order valence-corrected chi connectivity index (χ0v) is 21.2. The summed E-state index contributed by atoms with van der Waals surface area (Å²) in [5.41, 5.74) is 1.33. The third-order valence-electron chi connectivity index (χ3n) is 4.15. The minimum atomic E-state index is -3.82. The molecule has 3 aromatic carbocycles. The van der Waals surface area contributed by atoms with Gasteiger partial charge in [0.1, 0.15) is 6.61 Å². The molecule has 0 spiro atoms. The van der Waals surface area contributed by atoms with Crippen molar-refractivity contribution in [3.8, 4) is 11.5 Å². The van der Waals surface area contributed by atoms with Crippen molar-refractivity contribution in [1.29, 1.82) is 0 Å². The van der Waals surface area contributed by atoms with Crippen molar-refractivity contribution in [2.24, 2.45) is 5.10 Å². The molecule has 11 heteroatoms. The van der Waals surface area contributed by atoms with Crippen LogP contribution in [0.25, 0.3) is 0 Å². The lowest BCUT2D eigenvalue weighted by Gasteiger charge is -2.14. The number of hydrogen-bond acceptors (Lipinski definition) is 5. The lowest BCUT2D eigenvalue weighted by molar-refractivity contribution is 0.282. The molecular formula is C21H16BrCl3N2O4S. The van der Waals surface area contributed by atoms with Crippen LogP contribution in [0.2, 0.25) is 15.1 Å². The second-order valence-corrected chi connectivity index (χ2v) is 10.2. The molecule has 0 aromatic heterocycles. The first-order valence-electron chi connectivity index (χ1n) is 8.94. The summed E-state index contributed by atoms with van der Waals surface area (Å²) in [7, 11) is -2.33. The lowest BCUT2D eigenvalue weighted by Crippen LogP contribution is -2.18. The van der Waals surface area contributed by atoms with Crippen LogP contribution >= 0.6 is 50.7 Å². The topological polar surface area (TPSA) is 77.0 Å². The summed E-state index contributed by atoms with van der Waals surface area (Å²) in [5, 5.41) is 5.29. The van der Waals surface area contributed by atoms with Crippen molar-refractivity contribution < 1.29 is 17.9 Å². The van der Waals surface area contributed by atoms with Crippen molar-refractivity contribution in [3.05, 3.63) is 85.3 Å². The number of benzene rings is 3. The van der Waals surface area contributed by atoms with Gasteiger partial charge in [-0.05, 0) is 70.0 Å². The highest BCUT2D eigenvalue weighted by Crippen LogP contribution is 2.37. The molecule has 32 heavy (non-hydrogen) atoms. The predicted molar refractivity (Wildman–Crippen MR) is 131 cm³/mol. The summed E-state index contributed by atoms with van der Waals surface area (Å²) < 4.78 is 36.5. The molecule has 0 fully saturated rings. The summed E-state index contributed by atoms with van der Waals surface area (Å²) in [6, 6.07) is 14.2. The van der Waals surface area contributed by atoms with Gasteiger partial charge < -0.3 is 9.47 Å². The van der Waals surface area contributed by atoms with Crippen molar-refractivity contribution in [2.45, 2.75) is 11.5 Å². The number of nitrogens with one attached hydrogen (secondary N) is 1. The quantitative estimate of drug-likeness (QED) is 0.251. The van der Waals surface area contributed by atoms with Gasteiger partial charge in [-0.3, -0.25) is 0 Å². The van der Waals surface area contributed by atoms with E-state index in [1.54, 1.807) is 30.3 Å². The van der Waals surface area contributed by atoms with Gasteiger partial charge in [0.2, 0.25) is 0 Å². The van der Waals surface area contributed by atoms with E-state index < -0.39 is 10.0 Å². The number of ether oxygens (including phenoxy) is 2. The Bertz CT molecular complexity index is 1250. The highest BCUT2D eigenvalue weighted by Gasteiger charge is 2.14. The fraction of sp³-hybridized carbons (Fsp3) is 0.0952. The molecule has 0 unspecified atom stereocenters. The van der Waals surface area contributed by atoms with E-state index in [0.29, 0.717) is 36.6 Å². The molecule has 0 aliphatic carbocycles. The SMILES string of the molecule is COc1cc(/C=N\NS(=O)(=O)c2ccc(Cl)cc2)cc(Br)c1OCc1ccc(Cl)cc1Cl. The Morgan fingerprint density at radius 2 is 1.72 bits per heavy atom. The minimum Gasteiger partial charge on any atom is -0.493 e. The van der Waals surface area contributed by atoms with Crippen LogP contribution in [0.1, 0.15) is 11.1 Å². The van der Waals surface area contributed by atoms with Gasteiger partial charge in [0.15, 0.2) is 11.5 Å². The first-order chi connectivity index (χ1) is 15.2. The van der Waals surface area contributed by atoms with Gasteiger partial charge in [-0.1, -0.05) is 40.9 Å². The Hall–Kier alpha value is -1.97. The molecule has 0 amide bonds. The lowest BCUT2D eigenvalue weighted by atomic mass is 10.2. The van der Waals surface area contributed by atoms with E-state index in [4.69, 9.17) is 44.3 Å². The maximum atomic E-state index is 12.3. The summed E-state index contributed by atoms with van der Waals surface area (Å²) >= 11 is 21.4. The van der Waals surface area contributed by atoms with Gasteiger partial charge in [-0.15, -0.1) is 0 Å². The Labute approximate surface area is 209 Å². The number of sulfonamides is 1. The number of rotatable bonds is 8. The van der Waals surface area contributed by atoms with Crippen LogP contribution in [-0.2, 0) is 16.6 Å². The molecule has 6 nitrogen and oxygen atoms in total. The molecule has 0 saturated carbocycles. The van der Waals surface area contributed by atoms with E-state index in [9.17, 15) is 8.42 Å². The first-order valence-corrected chi connectivity index (χ1v) is 12.4. The van der Waals surface area contributed by atoms with Crippen LogP contribution in [0, 0.1) is 0 Å². The van der Waals surface area contributed by atoms with Gasteiger partial charge in [0.25, 0.3) is 10.0 Å². The Morgan fingerprint density at radius 3 is 2.38 bits per heavy atom. The molecular weight excluding hydrogens is 563 g/mol. The van der Waals surface area contributed by atoms with Gasteiger partial charge in [-0.2, -0.15) is 13.5 Å². The molecule has 0 bridgehead atoms. The zero-order chi connectivity index (χ0) is 23.3. The van der Waals surface area contributed by atoms with Gasteiger partial charge in [0, 0.05) is 20.6 Å². The van der Waals surface area contributed by atoms with Crippen LogP contribution in [0.5, 0.6) is 11.5 Å². The van der Waals surface area contributed by atoms with Crippen LogP contribution in [0.3, 0.4) is 0 Å². The molecule has 0 atom stereocenters. The molecule has 3 rings (SSSR count). The molecule has 0 aliphatic heterocycles. The second kappa shape index (κ2) is 10.8. The highest BCUT2D eigenvalue weighted by atomic mass is 79.9. The average Bonchev–Trinajstić information content (AvgIpc) is 2.74. The van der Waals surface area contributed by atoms with E-state index in [1.165, 1.54) is 37.6 Å². The normalized spacial score (nSPS) is 11.5. The Morgan fingerprint density at radius 1 is 1.03 bits per heavy atom. The van der Waals surface area contributed by atoms with Crippen LogP contribution in [0.4, 0.5) is 0 Å². The Kier molecular flexibility index (Phi) is 8.30. The van der Waals surface area contributed by atoms with Gasteiger partial charge >= 0.3 is 0 Å². The van der Waals surface area contributed by atoms with E-state index in [0.717, 1.165) is 5.56 Å². The maximum Gasteiger partial charge on any atom is 0.276 e. The van der Waals surface area contributed by atoms with Crippen molar-refractivity contribution in [2.75, 3.05) is 7.11 Å². The summed E-state index contributed by atoms with van der Waals surface area (Å²) in [6.45, 7) is 0.194. The highest BCUT2D eigenvalue weighted by molar-refractivity contribution is 9.10. The number of hydrazone groups is 1. The van der Waals surface area contributed by atoms with Crippen molar-refractivity contribution in [3.63, 3.8) is 0 Å². The third kappa shape index (κ3) is 6.30. The zero-order valence-electron chi connectivity index (χ0n) is 16.5. The Balaban J connectivity index is 1.74. The molecule has 0 aliphatic rings. The molecule has 0 radical (unpaired) electrons. The van der Waals surface area contributed by atoms with E-state index >= 15 is 0 Å². The minimum absolute atomic E-state index is 0.0439. The number of methoxy groups -OCH3 is 1. The van der Waals surface area contributed by atoms with E-state index in [-0.39, 0.29) is 11.5 Å². The smallest absolute Gasteiger partial charge is 0.276 e. The van der Waals surface area contributed by atoms with Crippen LogP contribution in [0.15, 0.2) is 69.1 Å². The van der Waals surface area contributed by atoms with E-state index in [1.807, 2.05) is 0 Å². The van der Waals surface area contributed by atoms with Gasteiger partial charge in [0.05, 0.1) is 22.7 Å². The number of halogens is 4. The summed E-state index contributed by atoms with van der Waals surface area (Å²) in [5.74, 6) is 0.879. The molecule has 168 valence electrons. The van der Waals surface area contributed by atoms with Crippen molar-refractivity contribution >= 4 is 67.0 Å². The first kappa shape index (κ1) is 24.7. The largest absolute Gasteiger partial charge is 0.493 e. The number of hydrogen-bond donors (Lipinski definition) is 1. The summed E-state index contributed by atoms with van der Waals surface area (Å²) in [4.78, 5) is 2.20. The predicted octanol–water partition coefficient (Wildman–Crippen LogP) is 6.31.